The molecule has 0 radical (unpaired) electrons. The molecule has 0 aliphatic heterocycles. The molecule has 0 aliphatic carbocycles. The van der Waals surface area contributed by atoms with Crippen LogP contribution in [0.3, 0.4) is 0 Å². The second-order valence-corrected chi connectivity index (χ2v) is 4.38. The molecule has 1 aromatic rings. The average molecular weight is 266 g/mol. The Balaban J connectivity index is 2.46. The van der Waals surface area contributed by atoms with E-state index < -0.39 is 0 Å². The fourth-order valence-corrected chi connectivity index (χ4v) is 1.89. The lowest BCUT2D eigenvalue weighted by molar-refractivity contribution is 0.299. The zero-order valence-electron chi connectivity index (χ0n) is 12.3. The highest BCUT2D eigenvalue weighted by atomic mass is 16.5. The first-order valence-corrected chi connectivity index (χ1v) is 7.06. The zero-order valence-corrected chi connectivity index (χ0v) is 12.3. The summed E-state index contributed by atoms with van der Waals surface area (Å²) in [4.78, 5) is 6.76. The molecule has 5 heteroatoms. The Labute approximate surface area is 116 Å². The van der Waals surface area contributed by atoms with Crippen molar-refractivity contribution in [3.05, 3.63) is 12.1 Å². The number of nitrogens with two attached hydrogens (primary N) is 1. The highest BCUT2D eigenvalue weighted by molar-refractivity contribution is 5.53. The minimum atomic E-state index is 0.508. The van der Waals surface area contributed by atoms with Gasteiger partial charge in [-0.15, -0.1) is 0 Å². The SMILES string of the molecule is CCCN(CC)CCNc1ccc(N)c(OCC)n1. The fourth-order valence-electron chi connectivity index (χ4n) is 1.89. The van der Waals surface area contributed by atoms with Crippen molar-refractivity contribution < 1.29 is 4.74 Å². The highest BCUT2D eigenvalue weighted by Crippen LogP contribution is 2.20. The normalized spacial score (nSPS) is 10.7. The van der Waals surface area contributed by atoms with Gasteiger partial charge in [-0.2, -0.15) is 4.98 Å². The van der Waals surface area contributed by atoms with Crippen molar-refractivity contribution in [1.82, 2.24) is 9.88 Å². The van der Waals surface area contributed by atoms with Crippen molar-refractivity contribution in [1.29, 1.82) is 0 Å². The second kappa shape index (κ2) is 8.58. The molecule has 1 heterocycles. The van der Waals surface area contributed by atoms with Crippen molar-refractivity contribution in [3.63, 3.8) is 0 Å². The number of pyridine rings is 1. The van der Waals surface area contributed by atoms with E-state index in [1.807, 2.05) is 19.1 Å². The van der Waals surface area contributed by atoms with Crippen LogP contribution in [0.4, 0.5) is 11.5 Å². The van der Waals surface area contributed by atoms with Gasteiger partial charge in [-0.25, -0.2) is 0 Å². The van der Waals surface area contributed by atoms with Gasteiger partial charge in [-0.3, -0.25) is 0 Å². The fraction of sp³-hybridized carbons (Fsp3) is 0.643. The summed E-state index contributed by atoms with van der Waals surface area (Å²) in [7, 11) is 0. The van der Waals surface area contributed by atoms with E-state index in [0.717, 1.165) is 32.0 Å². The van der Waals surface area contributed by atoms with Crippen molar-refractivity contribution >= 4 is 11.5 Å². The molecule has 1 rings (SSSR count). The minimum Gasteiger partial charge on any atom is -0.476 e. The molecule has 0 atom stereocenters. The molecule has 0 amide bonds. The second-order valence-electron chi connectivity index (χ2n) is 4.38. The van der Waals surface area contributed by atoms with Crippen molar-refractivity contribution in [2.45, 2.75) is 27.2 Å². The molecule has 5 nitrogen and oxygen atoms in total. The first kappa shape index (κ1) is 15.6. The zero-order chi connectivity index (χ0) is 14.1. The maximum atomic E-state index is 5.79. The molecule has 0 aliphatic rings. The highest BCUT2D eigenvalue weighted by Gasteiger charge is 2.04. The molecule has 19 heavy (non-hydrogen) atoms. The Morgan fingerprint density at radius 3 is 2.68 bits per heavy atom. The van der Waals surface area contributed by atoms with E-state index in [0.29, 0.717) is 18.2 Å². The summed E-state index contributed by atoms with van der Waals surface area (Å²) in [5.74, 6) is 1.32. The molecule has 3 N–H and O–H groups in total. The maximum Gasteiger partial charge on any atom is 0.239 e. The number of nitrogen functional groups attached to an aromatic ring is 1. The van der Waals surface area contributed by atoms with Crippen LogP contribution in [0.25, 0.3) is 0 Å². The van der Waals surface area contributed by atoms with E-state index >= 15 is 0 Å². The Morgan fingerprint density at radius 1 is 1.26 bits per heavy atom. The third-order valence-electron chi connectivity index (χ3n) is 2.89. The van der Waals surface area contributed by atoms with Crippen LogP contribution in [0.2, 0.25) is 0 Å². The summed E-state index contributed by atoms with van der Waals surface area (Å²) in [5, 5.41) is 3.31. The van der Waals surface area contributed by atoms with Crippen LogP contribution in [-0.2, 0) is 0 Å². The van der Waals surface area contributed by atoms with Gasteiger partial charge >= 0.3 is 0 Å². The smallest absolute Gasteiger partial charge is 0.239 e. The number of nitrogens with one attached hydrogen (secondary N) is 1. The molecule has 0 bridgehead atoms. The molecular formula is C14H26N4O. The summed E-state index contributed by atoms with van der Waals surface area (Å²) < 4.78 is 5.38. The molecule has 0 saturated carbocycles. The summed E-state index contributed by atoms with van der Waals surface area (Å²) in [5.41, 5.74) is 6.37. The lowest BCUT2D eigenvalue weighted by Gasteiger charge is -2.19. The number of hydrogen-bond donors (Lipinski definition) is 2. The number of rotatable bonds is 9. The number of nitrogens with zero attached hydrogens (tertiary/aromatic N) is 2. The summed E-state index contributed by atoms with van der Waals surface area (Å²) in [6, 6.07) is 3.71. The Kier molecular flexibility index (Phi) is 7.03. The number of anilines is 2. The Hall–Kier alpha value is -1.49. The monoisotopic (exact) mass is 266 g/mol. The third kappa shape index (κ3) is 5.34. The molecule has 0 unspecified atom stereocenters. The van der Waals surface area contributed by atoms with Crippen molar-refractivity contribution in [2.75, 3.05) is 43.8 Å². The molecule has 1 aromatic heterocycles. The van der Waals surface area contributed by atoms with E-state index in [-0.39, 0.29) is 0 Å². The summed E-state index contributed by atoms with van der Waals surface area (Å²) in [6.07, 6.45) is 1.18. The van der Waals surface area contributed by atoms with Crippen molar-refractivity contribution in [2.24, 2.45) is 0 Å². The number of likely N-dealkylation sites (N-methyl/N-ethyl adjacent to an activating group) is 1. The topological polar surface area (TPSA) is 63.4 Å². The van der Waals surface area contributed by atoms with Gasteiger partial charge in [-0.1, -0.05) is 13.8 Å². The van der Waals surface area contributed by atoms with Gasteiger partial charge in [0.1, 0.15) is 5.82 Å². The Bertz CT molecular complexity index is 370. The van der Waals surface area contributed by atoms with Gasteiger partial charge in [0.05, 0.1) is 12.3 Å². The van der Waals surface area contributed by atoms with Gasteiger partial charge in [0.15, 0.2) is 0 Å². The third-order valence-corrected chi connectivity index (χ3v) is 2.89. The molecule has 0 fully saturated rings. The van der Waals surface area contributed by atoms with Gasteiger partial charge in [0, 0.05) is 13.1 Å². The van der Waals surface area contributed by atoms with Crippen molar-refractivity contribution in [3.8, 4) is 5.88 Å². The van der Waals surface area contributed by atoms with Crippen LogP contribution in [0.15, 0.2) is 12.1 Å². The van der Waals surface area contributed by atoms with Gasteiger partial charge in [-0.05, 0) is 38.6 Å². The minimum absolute atomic E-state index is 0.508. The first-order chi connectivity index (χ1) is 9.21. The molecule has 108 valence electrons. The largest absolute Gasteiger partial charge is 0.476 e. The van der Waals surface area contributed by atoms with E-state index in [1.165, 1.54) is 6.42 Å². The first-order valence-electron chi connectivity index (χ1n) is 7.06. The van der Waals surface area contributed by atoms with E-state index in [1.54, 1.807) is 0 Å². The summed E-state index contributed by atoms with van der Waals surface area (Å²) in [6.45, 7) is 11.0. The van der Waals surface area contributed by atoms with Crippen LogP contribution in [-0.4, -0.2) is 42.7 Å². The van der Waals surface area contributed by atoms with E-state index in [9.17, 15) is 0 Å². The van der Waals surface area contributed by atoms with Crippen LogP contribution in [0, 0.1) is 0 Å². The van der Waals surface area contributed by atoms with Gasteiger partial charge < -0.3 is 20.7 Å². The van der Waals surface area contributed by atoms with Gasteiger partial charge in [0.25, 0.3) is 0 Å². The molecule has 0 saturated heterocycles. The maximum absolute atomic E-state index is 5.79. The number of aromatic nitrogens is 1. The van der Waals surface area contributed by atoms with Gasteiger partial charge in [0.2, 0.25) is 5.88 Å². The predicted molar refractivity (Wildman–Crippen MR) is 80.7 cm³/mol. The number of ether oxygens (including phenoxy) is 1. The molecule has 0 spiro atoms. The standard InChI is InChI=1S/C14H26N4O/c1-4-10-18(5-2)11-9-16-13-8-7-12(15)14(17-13)19-6-3/h7-8H,4-6,9-11,15H2,1-3H3,(H,16,17). The predicted octanol–water partition coefficient (Wildman–Crippen LogP) is 2.21. The van der Waals surface area contributed by atoms with Crippen LogP contribution >= 0.6 is 0 Å². The summed E-state index contributed by atoms with van der Waals surface area (Å²) >= 11 is 0. The lowest BCUT2D eigenvalue weighted by Crippen LogP contribution is -2.29. The van der Waals surface area contributed by atoms with Crippen LogP contribution < -0.4 is 15.8 Å². The molecule has 0 aromatic carbocycles. The lowest BCUT2D eigenvalue weighted by atomic mass is 10.3. The van der Waals surface area contributed by atoms with E-state index in [4.69, 9.17) is 10.5 Å². The average Bonchev–Trinajstić information content (AvgIpc) is 2.41. The van der Waals surface area contributed by atoms with Crippen LogP contribution in [0.1, 0.15) is 27.2 Å². The Morgan fingerprint density at radius 2 is 2.05 bits per heavy atom. The van der Waals surface area contributed by atoms with Crippen LogP contribution in [0.5, 0.6) is 5.88 Å². The molecular weight excluding hydrogens is 240 g/mol. The van der Waals surface area contributed by atoms with E-state index in [2.05, 4.69) is 29.0 Å². The quantitative estimate of drug-likeness (QED) is 0.717. The number of hydrogen-bond acceptors (Lipinski definition) is 5.